The summed E-state index contributed by atoms with van der Waals surface area (Å²) in [4.78, 5) is 25.3. The number of amides is 1. The lowest BCUT2D eigenvalue weighted by atomic mass is 10.0. The summed E-state index contributed by atoms with van der Waals surface area (Å²) in [6.45, 7) is 4.62. The Morgan fingerprint density at radius 1 is 0.642 bits per heavy atom. The lowest BCUT2D eigenvalue weighted by molar-refractivity contribution is -0.870. The molecule has 1 unspecified atom stereocenters. The number of aliphatic hydroxyl groups excluding tert-OH is 1. The second kappa shape index (κ2) is 36.6. The van der Waals surface area contributed by atoms with Crippen LogP contribution in [0.2, 0.25) is 0 Å². The van der Waals surface area contributed by atoms with Gasteiger partial charge in [0.15, 0.2) is 0 Å². The molecule has 0 aromatic carbocycles. The molecule has 2 N–H and O–H groups in total. The molecule has 0 aliphatic carbocycles. The van der Waals surface area contributed by atoms with Crippen LogP contribution in [0.4, 0.5) is 0 Å². The molecule has 0 radical (unpaired) electrons. The molecule has 8 nitrogen and oxygen atoms in total. The van der Waals surface area contributed by atoms with Crippen LogP contribution in [0, 0.1) is 0 Å². The van der Waals surface area contributed by atoms with Crippen molar-refractivity contribution in [2.24, 2.45) is 0 Å². The molecule has 314 valence electrons. The molecule has 0 saturated heterocycles. The van der Waals surface area contributed by atoms with Crippen molar-refractivity contribution in [3.05, 3.63) is 24.3 Å². The molecule has 0 heterocycles. The number of likely N-dealkylation sites (N-methyl/N-ethyl adjacent to an activating group) is 1. The van der Waals surface area contributed by atoms with Crippen molar-refractivity contribution in [1.29, 1.82) is 0 Å². The second-order valence-corrected chi connectivity index (χ2v) is 17.8. The maximum absolute atomic E-state index is 12.8. The van der Waals surface area contributed by atoms with Crippen LogP contribution in [-0.4, -0.2) is 68.5 Å². The number of nitrogens with zero attached hydrogens (tertiary/aromatic N) is 1. The summed E-state index contributed by atoms with van der Waals surface area (Å²) in [6, 6.07) is -0.897. The van der Waals surface area contributed by atoms with E-state index in [1.54, 1.807) is 6.08 Å². The van der Waals surface area contributed by atoms with Gasteiger partial charge in [0.1, 0.15) is 13.2 Å². The topological polar surface area (TPSA) is 108 Å². The number of hydrogen-bond donors (Lipinski definition) is 2. The molecule has 1 amide bonds. The minimum atomic E-state index is -4.59. The molecule has 0 aliphatic rings. The molecule has 0 bridgehead atoms. The van der Waals surface area contributed by atoms with Crippen LogP contribution in [0.15, 0.2) is 24.3 Å². The van der Waals surface area contributed by atoms with Crippen molar-refractivity contribution in [2.75, 3.05) is 40.9 Å². The number of nitrogens with one attached hydrogen (secondary N) is 1. The summed E-state index contributed by atoms with van der Waals surface area (Å²) in [5, 5.41) is 13.7. The van der Waals surface area contributed by atoms with Gasteiger partial charge in [0.2, 0.25) is 5.91 Å². The molecule has 0 aromatic heterocycles. The Morgan fingerprint density at radius 2 is 1.06 bits per heavy atom. The van der Waals surface area contributed by atoms with Crippen LogP contribution in [0.5, 0.6) is 0 Å². The van der Waals surface area contributed by atoms with Gasteiger partial charge in [-0.3, -0.25) is 9.36 Å². The third-order valence-corrected chi connectivity index (χ3v) is 10.9. The van der Waals surface area contributed by atoms with E-state index in [4.69, 9.17) is 9.05 Å². The molecule has 53 heavy (non-hydrogen) atoms. The minimum Gasteiger partial charge on any atom is -0.756 e. The number of carbonyl (C=O) groups excluding carboxylic acids is 1. The monoisotopic (exact) mass is 771 g/mol. The number of quaternary nitrogens is 1. The van der Waals surface area contributed by atoms with Crippen LogP contribution >= 0.6 is 7.82 Å². The van der Waals surface area contributed by atoms with Gasteiger partial charge >= 0.3 is 0 Å². The van der Waals surface area contributed by atoms with Crippen LogP contribution in [0.3, 0.4) is 0 Å². The molecule has 0 spiro atoms. The third kappa shape index (κ3) is 39.0. The first-order valence-corrected chi connectivity index (χ1v) is 23.7. The summed E-state index contributed by atoms with van der Waals surface area (Å²) in [5.74, 6) is -0.206. The summed E-state index contributed by atoms with van der Waals surface area (Å²) >= 11 is 0. The number of phosphoric ester groups is 1. The van der Waals surface area contributed by atoms with Crippen molar-refractivity contribution in [1.82, 2.24) is 5.32 Å². The third-order valence-electron chi connectivity index (χ3n) is 9.91. The molecular weight excluding hydrogens is 683 g/mol. The Morgan fingerprint density at radius 3 is 1.53 bits per heavy atom. The van der Waals surface area contributed by atoms with E-state index >= 15 is 0 Å². The number of allylic oxidation sites excluding steroid dienone is 3. The number of carbonyl (C=O) groups is 1. The van der Waals surface area contributed by atoms with Crippen molar-refractivity contribution in [3.8, 4) is 0 Å². The molecular formula is C44H87N2O6P. The van der Waals surface area contributed by atoms with Gasteiger partial charge in [0, 0.05) is 6.42 Å². The normalized spacial score (nSPS) is 14.6. The lowest BCUT2D eigenvalue weighted by Crippen LogP contribution is -2.45. The quantitative estimate of drug-likeness (QED) is 0.0278. The van der Waals surface area contributed by atoms with E-state index in [0.717, 1.165) is 38.5 Å². The van der Waals surface area contributed by atoms with Gasteiger partial charge in [-0.1, -0.05) is 186 Å². The highest BCUT2D eigenvalue weighted by atomic mass is 31.2. The maximum atomic E-state index is 12.8. The zero-order valence-corrected chi connectivity index (χ0v) is 36.4. The number of phosphoric acid groups is 1. The number of rotatable bonds is 40. The first-order valence-electron chi connectivity index (χ1n) is 22.2. The van der Waals surface area contributed by atoms with Gasteiger partial charge in [-0.2, -0.15) is 0 Å². The van der Waals surface area contributed by atoms with E-state index in [1.807, 2.05) is 27.2 Å². The Kier molecular flexibility index (Phi) is 35.9. The summed E-state index contributed by atoms with van der Waals surface area (Å²) in [6.07, 6.45) is 42.2. The Labute approximate surface area is 328 Å². The fraction of sp³-hybridized carbons (Fsp3) is 0.886. The number of aliphatic hydroxyl groups is 1. The molecule has 0 aliphatic heterocycles. The summed E-state index contributed by atoms with van der Waals surface area (Å²) in [5.41, 5.74) is 0. The Hall–Kier alpha value is -1.02. The maximum Gasteiger partial charge on any atom is 0.268 e. The predicted molar refractivity (Wildman–Crippen MR) is 224 cm³/mol. The smallest absolute Gasteiger partial charge is 0.268 e. The van der Waals surface area contributed by atoms with Gasteiger partial charge in [0.25, 0.3) is 7.82 Å². The van der Waals surface area contributed by atoms with Crippen LogP contribution in [0.25, 0.3) is 0 Å². The van der Waals surface area contributed by atoms with Crippen LogP contribution in [0.1, 0.15) is 200 Å². The van der Waals surface area contributed by atoms with Gasteiger partial charge < -0.3 is 28.8 Å². The largest absolute Gasteiger partial charge is 0.756 e. The Bertz CT molecular complexity index is 922. The average Bonchev–Trinajstić information content (AvgIpc) is 3.10. The molecule has 0 saturated carbocycles. The number of unbranched alkanes of at least 4 members (excludes halogenated alkanes) is 25. The van der Waals surface area contributed by atoms with E-state index in [1.165, 1.54) is 141 Å². The zero-order valence-electron chi connectivity index (χ0n) is 35.5. The van der Waals surface area contributed by atoms with E-state index in [9.17, 15) is 19.4 Å². The fourth-order valence-corrected chi connectivity index (χ4v) is 7.07. The number of hydrogen-bond acceptors (Lipinski definition) is 6. The van der Waals surface area contributed by atoms with E-state index in [-0.39, 0.29) is 19.1 Å². The minimum absolute atomic E-state index is 0.00433. The van der Waals surface area contributed by atoms with Crippen molar-refractivity contribution in [2.45, 2.75) is 212 Å². The zero-order chi connectivity index (χ0) is 39.3. The fourth-order valence-electron chi connectivity index (χ4n) is 6.34. The van der Waals surface area contributed by atoms with E-state index in [0.29, 0.717) is 17.4 Å². The van der Waals surface area contributed by atoms with E-state index in [2.05, 4.69) is 31.3 Å². The van der Waals surface area contributed by atoms with Crippen molar-refractivity contribution in [3.63, 3.8) is 0 Å². The summed E-state index contributed by atoms with van der Waals surface area (Å²) < 4.78 is 23.2. The predicted octanol–water partition coefficient (Wildman–Crippen LogP) is 11.5. The first-order chi connectivity index (χ1) is 25.5. The van der Waals surface area contributed by atoms with Gasteiger partial charge in [-0.05, 0) is 32.1 Å². The highest BCUT2D eigenvalue weighted by Gasteiger charge is 2.23. The van der Waals surface area contributed by atoms with Crippen molar-refractivity contribution >= 4 is 13.7 Å². The first kappa shape index (κ1) is 52.0. The lowest BCUT2D eigenvalue weighted by Gasteiger charge is -2.29. The standard InChI is InChI=1S/C44H87N2O6P/c1-6-8-10-12-14-16-18-20-22-23-24-26-28-30-32-34-36-38-44(48)45-42(41-52-53(49,50)51-40-39-46(3,4)5)43(47)37-35-33-31-29-27-25-21-19-17-15-13-11-9-7-2/h27,29,35,37,42-43,47H,6-26,28,30-34,36,38-41H2,1-5H3,(H-,45,48,49,50)/b29-27+,37-35+/t42-,43+/m0/s1. The Balaban J connectivity index is 4.44. The highest BCUT2D eigenvalue weighted by molar-refractivity contribution is 7.45. The summed E-state index contributed by atoms with van der Waals surface area (Å²) in [7, 11) is 1.25. The van der Waals surface area contributed by atoms with Crippen LogP contribution in [-0.2, 0) is 18.4 Å². The van der Waals surface area contributed by atoms with E-state index < -0.39 is 20.0 Å². The molecule has 9 heteroatoms. The molecule has 0 fully saturated rings. The van der Waals surface area contributed by atoms with Gasteiger partial charge in [-0.15, -0.1) is 0 Å². The van der Waals surface area contributed by atoms with Crippen molar-refractivity contribution < 1.29 is 32.9 Å². The molecule has 0 aromatic rings. The highest BCUT2D eigenvalue weighted by Crippen LogP contribution is 2.38. The van der Waals surface area contributed by atoms with Crippen LogP contribution < -0.4 is 10.2 Å². The second-order valence-electron chi connectivity index (χ2n) is 16.4. The van der Waals surface area contributed by atoms with Gasteiger partial charge in [0.05, 0.1) is 39.9 Å². The molecule has 0 rings (SSSR count). The average molecular weight is 771 g/mol. The SMILES string of the molecule is CCCCCCCCCC/C=C/CC/C=C/[C@@H](O)[C@H](COP(=O)([O-])OCC[N+](C)(C)C)NC(=O)CCCCCCCCCCCCCCCCCCC. The van der Waals surface area contributed by atoms with Gasteiger partial charge in [-0.25, -0.2) is 0 Å². The molecule has 3 atom stereocenters.